The van der Waals surface area contributed by atoms with Crippen LogP contribution in [0.25, 0.3) is 0 Å². The lowest BCUT2D eigenvalue weighted by molar-refractivity contribution is -0.141. The van der Waals surface area contributed by atoms with Crippen LogP contribution in [0.1, 0.15) is 25.8 Å². The molecule has 0 saturated carbocycles. The Bertz CT molecular complexity index is 426. The van der Waals surface area contributed by atoms with Gasteiger partial charge in [-0.1, -0.05) is 20.8 Å². The monoisotopic (exact) mass is 285 g/mol. The van der Waals surface area contributed by atoms with Crippen LogP contribution in [-0.2, 0) is 11.2 Å². The highest BCUT2D eigenvalue weighted by Gasteiger charge is 2.32. The van der Waals surface area contributed by atoms with Crippen molar-refractivity contribution in [2.24, 2.45) is 5.41 Å². The van der Waals surface area contributed by atoms with Gasteiger partial charge in [0.15, 0.2) is 0 Å². The third-order valence-electron chi connectivity index (χ3n) is 2.50. The third-order valence-corrected chi connectivity index (χ3v) is 3.34. The molecular formula is C12H19N3O3S. The first-order chi connectivity index (χ1) is 8.80. The van der Waals surface area contributed by atoms with Gasteiger partial charge in [0.05, 0.1) is 5.01 Å². The van der Waals surface area contributed by atoms with Crippen LogP contribution in [0.4, 0.5) is 4.79 Å². The molecule has 2 amide bonds. The Labute approximate surface area is 116 Å². The number of thiazole rings is 1. The molecular weight excluding hydrogens is 266 g/mol. The lowest BCUT2D eigenvalue weighted by Gasteiger charge is -2.27. The van der Waals surface area contributed by atoms with E-state index in [1.807, 2.05) is 5.38 Å². The number of carboxylic acids is 1. The second kappa shape index (κ2) is 6.51. The molecule has 3 N–H and O–H groups in total. The van der Waals surface area contributed by atoms with E-state index in [9.17, 15) is 9.59 Å². The van der Waals surface area contributed by atoms with Gasteiger partial charge in [0, 0.05) is 24.5 Å². The molecule has 6 nitrogen and oxygen atoms in total. The summed E-state index contributed by atoms with van der Waals surface area (Å²) in [6.45, 7) is 5.72. The minimum absolute atomic E-state index is 0.426. The van der Waals surface area contributed by atoms with Crippen LogP contribution >= 0.6 is 11.3 Å². The quantitative estimate of drug-likeness (QED) is 0.764. The molecule has 1 atom stereocenters. The van der Waals surface area contributed by atoms with Crippen molar-refractivity contribution in [2.45, 2.75) is 33.2 Å². The fourth-order valence-corrected chi connectivity index (χ4v) is 2.11. The van der Waals surface area contributed by atoms with Crippen molar-refractivity contribution in [3.05, 3.63) is 16.6 Å². The van der Waals surface area contributed by atoms with Crippen molar-refractivity contribution in [3.8, 4) is 0 Å². The second-order valence-electron chi connectivity index (χ2n) is 5.21. The third kappa shape index (κ3) is 5.25. The van der Waals surface area contributed by atoms with E-state index in [0.29, 0.717) is 13.0 Å². The van der Waals surface area contributed by atoms with E-state index in [2.05, 4.69) is 15.6 Å². The number of hydrogen-bond donors (Lipinski definition) is 3. The maximum Gasteiger partial charge on any atom is 0.326 e. The summed E-state index contributed by atoms with van der Waals surface area (Å²) in [6, 6.07) is -1.40. The first-order valence-electron chi connectivity index (χ1n) is 5.96. The number of urea groups is 1. The summed E-state index contributed by atoms with van der Waals surface area (Å²) in [4.78, 5) is 26.8. The van der Waals surface area contributed by atoms with Crippen LogP contribution in [0.5, 0.6) is 0 Å². The molecule has 1 aromatic heterocycles. The number of carboxylic acid groups (broad SMARTS) is 1. The van der Waals surface area contributed by atoms with Crippen molar-refractivity contribution in [3.63, 3.8) is 0 Å². The van der Waals surface area contributed by atoms with Gasteiger partial charge in [0.1, 0.15) is 6.04 Å². The van der Waals surface area contributed by atoms with Gasteiger partial charge in [0.25, 0.3) is 0 Å². The predicted molar refractivity (Wildman–Crippen MR) is 73.2 cm³/mol. The van der Waals surface area contributed by atoms with Crippen molar-refractivity contribution in [2.75, 3.05) is 6.54 Å². The summed E-state index contributed by atoms with van der Waals surface area (Å²) in [7, 11) is 0. The molecule has 0 aliphatic heterocycles. The summed E-state index contributed by atoms with van der Waals surface area (Å²) in [5.74, 6) is -1.04. The number of nitrogens with zero attached hydrogens (tertiary/aromatic N) is 1. The fourth-order valence-electron chi connectivity index (χ4n) is 1.49. The van der Waals surface area contributed by atoms with Crippen LogP contribution in [-0.4, -0.2) is 34.7 Å². The average Bonchev–Trinajstić information content (AvgIpc) is 2.77. The molecule has 1 rings (SSSR count). The van der Waals surface area contributed by atoms with Crippen molar-refractivity contribution in [1.82, 2.24) is 15.6 Å². The van der Waals surface area contributed by atoms with E-state index >= 15 is 0 Å². The standard InChI is InChI=1S/C12H19N3O3S/c1-12(2,3)9(10(16)17)15-11(18)14-5-4-8-13-6-7-19-8/h6-7,9H,4-5H2,1-3H3,(H,16,17)(H2,14,15,18)/t9-/m0/s1. The smallest absolute Gasteiger partial charge is 0.326 e. The van der Waals surface area contributed by atoms with Gasteiger partial charge in [-0.25, -0.2) is 14.6 Å². The molecule has 0 spiro atoms. The largest absolute Gasteiger partial charge is 0.480 e. The predicted octanol–water partition coefficient (Wildman–Crippen LogP) is 1.48. The minimum atomic E-state index is -1.04. The zero-order valence-electron chi connectivity index (χ0n) is 11.3. The molecule has 1 aromatic rings. The first-order valence-corrected chi connectivity index (χ1v) is 6.84. The van der Waals surface area contributed by atoms with Gasteiger partial charge < -0.3 is 15.7 Å². The first kappa shape index (κ1) is 15.4. The lowest BCUT2D eigenvalue weighted by Crippen LogP contribution is -2.52. The number of rotatable bonds is 5. The van der Waals surface area contributed by atoms with E-state index in [4.69, 9.17) is 5.11 Å². The van der Waals surface area contributed by atoms with E-state index in [-0.39, 0.29) is 0 Å². The molecule has 0 saturated heterocycles. The molecule has 0 aromatic carbocycles. The zero-order chi connectivity index (χ0) is 14.5. The van der Waals surface area contributed by atoms with Crippen molar-refractivity contribution in [1.29, 1.82) is 0 Å². The topological polar surface area (TPSA) is 91.3 Å². The number of carbonyl (C=O) groups excluding carboxylic acids is 1. The number of nitrogens with one attached hydrogen (secondary N) is 2. The minimum Gasteiger partial charge on any atom is -0.480 e. The van der Waals surface area contributed by atoms with E-state index in [1.165, 1.54) is 11.3 Å². The Hall–Kier alpha value is -1.63. The lowest BCUT2D eigenvalue weighted by atomic mass is 9.87. The van der Waals surface area contributed by atoms with Crippen molar-refractivity contribution < 1.29 is 14.7 Å². The normalized spacial score (nSPS) is 12.8. The van der Waals surface area contributed by atoms with Crippen LogP contribution in [0.2, 0.25) is 0 Å². The highest BCUT2D eigenvalue weighted by Crippen LogP contribution is 2.19. The van der Waals surface area contributed by atoms with Gasteiger partial charge in [-0.2, -0.15) is 0 Å². The number of hydrogen-bond acceptors (Lipinski definition) is 4. The Morgan fingerprint density at radius 2 is 2.16 bits per heavy atom. The highest BCUT2D eigenvalue weighted by molar-refractivity contribution is 7.09. The SMILES string of the molecule is CC(C)(C)[C@@H](NC(=O)NCCc1nccs1)C(=O)O. The summed E-state index contributed by atoms with van der Waals surface area (Å²) in [5.41, 5.74) is -0.543. The number of amides is 2. The highest BCUT2D eigenvalue weighted by atomic mass is 32.1. The van der Waals surface area contributed by atoms with E-state index < -0.39 is 23.5 Å². The molecule has 1 heterocycles. The van der Waals surface area contributed by atoms with Crippen LogP contribution in [0.15, 0.2) is 11.6 Å². The Kier molecular flexibility index (Phi) is 5.29. The molecule has 0 fully saturated rings. The van der Waals surface area contributed by atoms with Crippen LogP contribution < -0.4 is 10.6 Å². The number of carbonyl (C=O) groups is 2. The van der Waals surface area contributed by atoms with Crippen LogP contribution in [0, 0.1) is 5.41 Å². The summed E-state index contributed by atoms with van der Waals surface area (Å²) >= 11 is 1.52. The van der Waals surface area contributed by atoms with Gasteiger partial charge >= 0.3 is 12.0 Å². The number of aliphatic carboxylic acids is 1. The summed E-state index contributed by atoms with van der Waals surface area (Å²) in [6.07, 6.45) is 2.35. The van der Waals surface area contributed by atoms with Gasteiger partial charge in [0.2, 0.25) is 0 Å². The average molecular weight is 285 g/mol. The summed E-state index contributed by atoms with van der Waals surface area (Å²) in [5, 5.41) is 17.0. The number of aromatic nitrogens is 1. The molecule has 0 aliphatic carbocycles. The Morgan fingerprint density at radius 3 is 2.63 bits per heavy atom. The van der Waals surface area contributed by atoms with Gasteiger partial charge in [-0.3, -0.25) is 0 Å². The molecule has 19 heavy (non-hydrogen) atoms. The Morgan fingerprint density at radius 1 is 1.47 bits per heavy atom. The van der Waals surface area contributed by atoms with Gasteiger partial charge in [-0.15, -0.1) is 11.3 Å². The Balaban J connectivity index is 2.39. The molecule has 106 valence electrons. The molecule has 0 radical (unpaired) electrons. The molecule has 0 unspecified atom stereocenters. The van der Waals surface area contributed by atoms with Gasteiger partial charge in [-0.05, 0) is 5.41 Å². The summed E-state index contributed by atoms with van der Waals surface area (Å²) < 4.78 is 0. The molecule has 0 bridgehead atoms. The van der Waals surface area contributed by atoms with Crippen molar-refractivity contribution >= 4 is 23.3 Å². The zero-order valence-corrected chi connectivity index (χ0v) is 12.1. The van der Waals surface area contributed by atoms with Crippen LogP contribution in [0.3, 0.4) is 0 Å². The molecule has 0 aliphatic rings. The van der Waals surface area contributed by atoms with E-state index in [0.717, 1.165) is 5.01 Å². The molecule has 7 heteroatoms. The maximum atomic E-state index is 11.6. The maximum absolute atomic E-state index is 11.6. The van der Waals surface area contributed by atoms with E-state index in [1.54, 1.807) is 27.0 Å². The fraction of sp³-hybridized carbons (Fsp3) is 0.583. The second-order valence-corrected chi connectivity index (χ2v) is 6.19.